The Kier molecular flexibility index (Phi) is 7.33. The van der Waals surface area contributed by atoms with Crippen LogP contribution in [0, 0.1) is 11.7 Å². The van der Waals surface area contributed by atoms with Crippen molar-refractivity contribution in [3.05, 3.63) is 59.9 Å². The lowest BCUT2D eigenvalue weighted by Gasteiger charge is -2.25. The van der Waals surface area contributed by atoms with Gasteiger partial charge in [-0.05, 0) is 55.7 Å². The number of nitrogens with two attached hydrogens (primary N) is 1. The Morgan fingerprint density at radius 3 is 2.41 bits per heavy atom. The molecule has 2 unspecified atom stereocenters. The van der Waals surface area contributed by atoms with Crippen molar-refractivity contribution in [1.82, 2.24) is 0 Å². The minimum absolute atomic E-state index is 0. The maximum Gasteiger partial charge on any atom is 0.255 e. The van der Waals surface area contributed by atoms with Gasteiger partial charge in [0, 0.05) is 28.9 Å². The van der Waals surface area contributed by atoms with Crippen LogP contribution in [0.3, 0.4) is 0 Å². The minimum atomic E-state index is -0.422. The number of carbonyl (C=O) groups is 2. The van der Waals surface area contributed by atoms with Crippen LogP contribution in [0.2, 0.25) is 0 Å². The van der Waals surface area contributed by atoms with Crippen LogP contribution >= 0.6 is 12.4 Å². The molecule has 1 aliphatic rings. The van der Waals surface area contributed by atoms with E-state index < -0.39 is 5.82 Å². The highest BCUT2D eigenvalue weighted by atomic mass is 35.5. The van der Waals surface area contributed by atoms with Crippen molar-refractivity contribution < 1.29 is 14.0 Å². The first-order valence-electron chi connectivity index (χ1n) is 8.74. The molecule has 0 saturated heterocycles. The van der Waals surface area contributed by atoms with Crippen LogP contribution in [0.15, 0.2) is 48.5 Å². The van der Waals surface area contributed by atoms with Crippen molar-refractivity contribution in [2.75, 3.05) is 10.6 Å². The first-order chi connectivity index (χ1) is 12.5. The van der Waals surface area contributed by atoms with Crippen molar-refractivity contribution >= 4 is 35.6 Å². The molecule has 4 N–H and O–H groups in total. The number of hydrogen-bond donors (Lipinski definition) is 3. The summed E-state index contributed by atoms with van der Waals surface area (Å²) in [6.07, 6.45) is 3.43. The monoisotopic (exact) mass is 391 g/mol. The molecule has 3 rings (SSSR count). The highest BCUT2D eigenvalue weighted by Gasteiger charge is 2.25. The van der Waals surface area contributed by atoms with Crippen LogP contribution in [0.4, 0.5) is 15.8 Å². The average Bonchev–Trinajstić information content (AvgIpc) is 2.62. The lowest BCUT2D eigenvalue weighted by atomic mass is 9.85. The van der Waals surface area contributed by atoms with Crippen LogP contribution in [-0.2, 0) is 4.79 Å². The number of amides is 2. The summed E-state index contributed by atoms with van der Waals surface area (Å²) >= 11 is 0. The summed E-state index contributed by atoms with van der Waals surface area (Å²) in [4.78, 5) is 24.8. The first-order valence-corrected chi connectivity index (χ1v) is 8.74. The second kappa shape index (κ2) is 9.48. The average molecular weight is 392 g/mol. The van der Waals surface area contributed by atoms with E-state index >= 15 is 0 Å². The molecule has 0 aromatic heterocycles. The van der Waals surface area contributed by atoms with E-state index in [4.69, 9.17) is 5.73 Å². The molecule has 1 saturated carbocycles. The summed E-state index contributed by atoms with van der Waals surface area (Å²) in [7, 11) is 0. The van der Waals surface area contributed by atoms with Crippen LogP contribution in [0.5, 0.6) is 0 Å². The quantitative estimate of drug-likeness (QED) is 0.737. The molecule has 27 heavy (non-hydrogen) atoms. The summed E-state index contributed by atoms with van der Waals surface area (Å²) in [6.45, 7) is 0. The molecule has 2 atom stereocenters. The Morgan fingerprint density at radius 1 is 1.00 bits per heavy atom. The number of hydrogen-bond acceptors (Lipinski definition) is 3. The van der Waals surface area contributed by atoms with Gasteiger partial charge in [0.05, 0.1) is 0 Å². The molecule has 2 aromatic carbocycles. The minimum Gasteiger partial charge on any atom is -0.328 e. The molecule has 0 bridgehead atoms. The SMILES string of the molecule is Cl.NC1CCCC(C(=O)Nc2cccc(C(=O)Nc3cccc(F)c3)c2)C1. The van der Waals surface area contributed by atoms with Gasteiger partial charge in [0.15, 0.2) is 0 Å². The van der Waals surface area contributed by atoms with Crippen LogP contribution in [0.25, 0.3) is 0 Å². The van der Waals surface area contributed by atoms with Crippen molar-refractivity contribution in [2.45, 2.75) is 31.7 Å². The molecule has 1 aliphatic carbocycles. The Balaban J connectivity index is 0.00000261. The van der Waals surface area contributed by atoms with Crippen molar-refractivity contribution in [3.63, 3.8) is 0 Å². The van der Waals surface area contributed by atoms with Gasteiger partial charge in [0.2, 0.25) is 5.91 Å². The van der Waals surface area contributed by atoms with E-state index in [1.54, 1.807) is 30.3 Å². The summed E-state index contributed by atoms with van der Waals surface area (Å²) in [5.74, 6) is -0.952. The first kappa shape index (κ1) is 20.9. The van der Waals surface area contributed by atoms with E-state index in [1.807, 2.05) is 0 Å². The lowest BCUT2D eigenvalue weighted by molar-refractivity contribution is -0.120. The largest absolute Gasteiger partial charge is 0.328 e. The van der Waals surface area contributed by atoms with Gasteiger partial charge < -0.3 is 16.4 Å². The van der Waals surface area contributed by atoms with Crippen LogP contribution in [-0.4, -0.2) is 17.9 Å². The van der Waals surface area contributed by atoms with E-state index in [0.717, 1.165) is 19.3 Å². The fourth-order valence-corrected chi connectivity index (χ4v) is 3.22. The van der Waals surface area contributed by atoms with Gasteiger partial charge in [0.1, 0.15) is 5.82 Å². The van der Waals surface area contributed by atoms with Gasteiger partial charge in [-0.1, -0.05) is 18.6 Å². The lowest BCUT2D eigenvalue weighted by Crippen LogP contribution is -2.34. The number of benzene rings is 2. The Bertz CT molecular complexity index is 815. The zero-order valence-corrected chi connectivity index (χ0v) is 15.6. The van der Waals surface area contributed by atoms with Crippen molar-refractivity contribution in [2.24, 2.45) is 11.7 Å². The summed E-state index contributed by atoms with van der Waals surface area (Å²) in [5.41, 5.74) is 7.26. The summed E-state index contributed by atoms with van der Waals surface area (Å²) < 4.78 is 13.2. The molecule has 1 fully saturated rings. The smallest absolute Gasteiger partial charge is 0.255 e. The maximum atomic E-state index is 13.2. The molecule has 7 heteroatoms. The van der Waals surface area contributed by atoms with Crippen molar-refractivity contribution in [3.8, 4) is 0 Å². The summed E-state index contributed by atoms with van der Waals surface area (Å²) in [6, 6.07) is 12.4. The number of halogens is 2. The fraction of sp³-hybridized carbons (Fsp3) is 0.300. The number of rotatable bonds is 4. The Morgan fingerprint density at radius 2 is 1.70 bits per heavy atom. The van der Waals surface area contributed by atoms with E-state index in [9.17, 15) is 14.0 Å². The van der Waals surface area contributed by atoms with Crippen LogP contribution in [0.1, 0.15) is 36.0 Å². The maximum absolute atomic E-state index is 13.2. The predicted octanol–water partition coefficient (Wildman–Crippen LogP) is 3.96. The number of anilines is 2. The van der Waals surface area contributed by atoms with E-state index in [-0.39, 0.29) is 36.2 Å². The molecular formula is C20H23ClFN3O2. The topological polar surface area (TPSA) is 84.2 Å². The molecule has 0 heterocycles. The van der Waals surface area contributed by atoms with Gasteiger partial charge >= 0.3 is 0 Å². The molecule has 0 spiro atoms. The molecule has 2 aromatic rings. The summed E-state index contributed by atoms with van der Waals surface area (Å²) in [5, 5.41) is 5.51. The van der Waals surface area contributed by atoms with Gasteiger partial charge in [-0.3, -0.25) is 9.59 Å². The normalized spacial score (nSPS) is 18.9. The number of nitrogens with one attached hydrogen (secondary N) is 2. The Labute approximate surface area is 163 Å². The van der Waals surface area contributed by atoms with E-state index in [0.29, 0.717) is 23.4 Å². The second-order valence-electron chi connectivity index (χ2n) is 6.66. The zero-order valence-electron chi connectivity index (χ0n) is 14.8. The van der Waals surface area contributed by atoms with Gasteiger partial charge in [-0.15, -0.1) is 12.4 Å². The third-order valence-electron chi connectivity index (χ3n) is 4.56. The molecule has 2 amide bonds. The van der Waals surface area contributed by atoms with Gasteiger partial charge in [-0.2, -0.15) is 0 Å². The van der Waals surface area contributed by atoms with E-state index in [1.165, 1.54) is 18.2 Å². The van der Waals surface area contributed by atoms with Gasteiger partial charge in [-0.25, -0.2) is 4.39 Å². The van der Waals surface area contributed by atoms with E-state index in [2.05, 4.69) is 10.6 Å². The Hall–Kier alpha value is -2.44. The second-order valence-corrected chi connectivity index (χ2v) is 6.66. The third kappa shape index (κ3) is 5.77. The molecule has 0 radical (unpaired) electrons. The molecule has 5 nitrogen and oxygen atoms in total. The fourth-order valence-electron chi connectivity index (χ4n) is 3.22. The highest BCUT2D eigenvalue weighted by Crippen LogP contribution is 2.25. The standard InChI is InChI=1S/C20H22FN3O2.ClH/c21-15-6-3-9-18(12-15)24-20(26)14-5-2-8-17(11-14)23-19(25)13-4-1-7-16(22)10-13;/h2-3,5-6,8-9,11-13,16H,1,4,7,10,22H2,(H,23,25)(H,24,26);1H. The van der Waals surface area contributed by atoms with Crippen LogP contribution < -0.4 is 16.4 Å². The molecular weight excluding hydrogens is 369 g/mol. The molecule has 0 aliphatic heterocycles. The highest BCUT2D eigenvalue weighted by molar-refractivity contribution is 6.05. The third-order valence-corrected chi connectivity index (χ3v) is 4.56. The van der Waals surface area contributed by atoms with Crippen molar-refractivity contribution in [1.29, 1.82) is 0 Å². The zero-order chi connectivity index (χ0) is 18.5. The molecule has 144 valence electrons. The number of carbonyl (C=O) groups excluding carboxylic acids is 2. The predicted molar refractivity (Wildman–Crippen MR) is 107 cm³/mol. The van der Waals surface area contributed by atoms with Gasteiger partial charge in [0.25, 0.3) is 5.91 Å².